The second kappa shape index (κ2) is 5.35. The number of carbonyl (C=O) groups is 2. The third-order valence-corrected chi connectivity index (χ3v) is 4.65. The van der Waals surface area contributed by atoms with Crippen LogP contribution in [0, 0.1) is 24.7 Å². The number of rotatable bonds is 4. The number of nitrogens with one attached hydrogen (secondary N) is 1. The van der Waals surface area contributed by atoms with Crippen LogP contribution < -0.4 is 5.32 Å². The molecule has 4 nitrogen and oxygen atoms in total. The molecule has 2 unspecified atom stereocenters. The van der Waals surface area contributed by atoms with Gasteiger partial charge in [-0.1, -0.05) is 18.6 Å². The number of aliphatic carboxylic acids is 1. The summed E-state index contributed by atoms with van der Waals surface area (Å²) in [5, 5.41) is 11.7. The van der Waals surface area contributed by atoms with Crippen molar-refractivity contribution in [3.63, 3.8) is 0 Å². The minimum Gasteiger partial charge on any atom is -0.478 e. The molecule has 4 heteroatoms. The van der Waals surface area contributed by atoms with Crippen molar-refractivity contribution in [1.29, 1.82) is 0 Å². The Morgan fingerprint density at radius 2 is 2.00 bits per heavy atom. The van der Waals surface area contributed by atoms with Crippen LogP contribution in [0.1, 0.15) is 30.4 Å². The molecule has 0 bridgehead atoms. The standard InChI is InChI=1S/C17H19NO3/c1-10-5-6-11(7-8-15(19)20)9-14(10)18-17(21)16-12-3-2-4-13(12)16/h5-9,12-13,16H,2-4H2,1H3,(H,18,21)(H,19,20)/b8-7+. The molecule has 3 rings (SSSR count). The van der Waals surface area contributed by atoms with Gasteiger partial charge in [-0.2, -0.15) is 0 Å². The molecule has 1 amide bonds. The van der Waals surface area contributed by atoms with E-state index in [1.165, 1.54) is 25.3 Å². The molecule has 2 aliphatic rings. The number of hydrogen-bond acceptors (Lipinski definition) is 2. The highest BCUT2D eigenvalue weighted by Gasteiger charge is 2.56. The Balaban J connectivity index is 1.71. The highest BCUT2D eigenvalue weighted by atomic mass is 16.4. The van der Waals surface area contributed by atoms with Gasteiger partial charge in [0.25, 0.3) is 0 Å². The fraction of sp³-hybridized carbons (Fsp3) is 0.412. The predicted octanol–water partition coefficient (Wildman–Crippen LogP) is 3.08. The van der Waals surface area contributed by atoms with Crippen molar-refractivity contribution in [3.8, 4) is 0 Å². The van der Waals surface area contributed by atoms with Gasteiger partial charge >= 0.3 is 5.97 Å². The second-order valence-corrected chi connectivity index (χ2v) is 6.02. The molecule has 0 heterocycles. The summed E-state index contributed by atoms with van der Waals surface area (Å²) >= 11 is 0. The molecule has 2 N–H and O–H groups in total. The lowest BCUT2D eigenvalue weighted by Gasteiger charge is -2.10. The Kier molecular flexibility index (Phi) is 3.53. The number of hydrogen-bond donors (Lipinski definition) is 2. The lowest BCUT2D eigenvalue weighted by atomic mass is 10.1. The summed E-state index contributed by atoms with van der Waals surface area (Å²) in [6.07, 6.45) is 6.25. The summed E-state index contributed by atoms with van der Waals surface area (Å²) in [7, 11) is 0. The molecule has 0 aromatic heterocycles. The molecular formula is C17H19NO3. The zero-order valence-corrected chi connectivity index (χ0v) is 12.0. The molecule has 0 radical (unpaired) electrons. The highest BCUT2D eigenvalue weighted by molar-refractivity contribution is 5.96. The molecule has 1 aromatic carbocycles. The number of aryl methyl sites for hydroxylation is 1. The first-order chi connectivity index (χ1) is 10.1. The minimum absolute atomic E-state index is 0.118. The minimum atomic E-state index is -0.980. The van der Waals surface area contributed by atoms with E-state index in [1.54, 1.807) is 0 Å². The van der Waals surface area contributed by atoms with Crippen LogP contribution in [0.3, 0.4) is 0 Å². The molecule has 1 aromatic rings. The highest BCUT2D eigenvalue weighted by Crippen LogP contribution is 2.57. The fourth-order valence-electron chi connectivity index (χ4n) is 3.47. The van der Waals surface area contributed by atoms with Crippen LogP contribution in [0.25, 0.3) is 6.08 Å². The molecule has 0 saturated heterocycles. The van der Waals surface area contributed by atoms with E-state index in [4.69, 9.17) is 5.11 Å². The van der Waals surface area contributed by atoms with Crippen molar-refractivity contribution in [1.82, 2.24) is 0 Å². The lowest BCUT2D eigenvalue weighted by Crippen LogP contribution is -2.17. The van der Waals surface area contributed by atoms with Gasteiger partial charge < -0.3 is 10.4 Å². The van der Waals surface area contributed by atoms with E-state index in [9.17, 15) is 9.59 Å². The van der Waals surface area contributed by atoms with Gasteiger partial charge in [-0.05, 0) is 54.9 Å². The zero-order chi connectivity index (χ0) is 15.0. The van der Waals surface area contributed by atoms with Gasteiger partial charge in [0.2, 0.25) is 5.91 Å². The first kappa shape index (κ1) is 13.9. The first-order valence-electron chi connectivity index (χ1n) is 7.39. The number of amides is 1. The molecule has 2 aliphatic carbocycles. The maximum Gasteiger partial charge on any atom is 0.328 e. The van der Waals surface area contributed by atoms with Crippen LogP contribution in [0.4, 0.5) is 5.69 Å². The van der Waals surface area contributed by atoms with E-state index in [0.29, 0.717) is 11.8 Å². The van der Waals surface area contributed by atoms with Gasteiger partial charge in [0.05, 0.1) is 0 Å². The second-order valence-electron chi connectivity index (χ2n) is 6.02. The van der Waals surface area contributed by atoms with Crippen molar-refractivity contribution in [2.45, 2.75) is 26.2 Å². The molecule has 21 heavy (non-hydrogen) atoms. The van der Waals surface area contributed by atoms with Gasteiger partial charge in [0, 0.05) is 17.7 Å². The van der Waals surface area contributed by atoms with E-state index >= 15 is 0 Å². The molecular weight excluding hydrogens is 266 g/mol. The molecule has 110 valence electrons. The fourth-order valence-corrected chi connectivity index (χ4v) is 3.47. The maximum absolute atomic E-state index is 12.3. The van der Waals surface area contributed by atoms with Crippen molar-refractivity contribution in [3.05, 3.63) is 35.4 Å². The molecule has 2 fully saturated rings. The largest absolute Gasteiger partial charge is 0.478 e. The smallest absolute Gasteiger partial charge is 0.328 e. The van der Waals surface area contributed by atoms with Crippen LogP contribution in [0.15, 0.2) is 24.3 Å². The average molecular weight is 285 g/mol. The van der Waals surface area contributed by atoms with Crippen molar-refractivity contribution in [2.24, 2.45) is 17.8 Å². The average Bonchev–Trinajstić information content (AvgIpc) is 2.93. The summed E-state index contributed by atoms with van der Waals surface area (Å²) in [5.74, 6) is 0.524. The Morgan fingerprint density at radius 3 is 2.67 bits per heavy atom. The summed E-state index contributed by atoms with van der Waals surface area (Å²) in [5.41, 5.74) is 2.54. The Morgan fingerprint density at radius 1 is 1.29 bits per heavy atom. The first-order valence-corrected chi connectivity index (χ1v) is 7.39. The summed E-state index contributed by atoms with van der Waals surface area (Å²) in [4.78, 5) is 22.8. The van der Waals surface area contributed by atoms with Gasteiger partial charge in [-0.3, -0.25) is 4.79 Å². The Hall–Kier alpha value is -2.10. The van der Waals surface area contributed by atoms with E-state index in [2.05, 4.69) is 5.32 Å². The number of anilines is 1. The molecule has 2 atom stereocenters. The number of carbonyl (C=O) groups excluding carboxylic acids is 1. The Bertz CT molecular complexity index is 610. The van der Waals surface area contributed by atoms with Gasteiger partial charge in [-0.15, -0.1) is 0 Å². The summed E-state index contributed by atoms with van der Waals surface area (Å²) in [6.45, 7) is 1.94. The van der Waals surface area contributed by atoms with Gasteiger partial charge in [-0.25, -0.2) is 4.79 Å². The molecule has 2 saturated carbocycles. The van der Waals surface area contributed by atoms with Crippen LogP contribution in [0.2, 0.25) is 0 Å². The van der Waals surface area contributed by atoms with Crippen molar-refractivity contribution in [2.75, 3.05) is 5.32 Å². The number of carboxylic acids is 1. The van der Waals surface area contributed by atoms with E-state index in [0.717, 1.165) is 22.9 Å². The Labute approximate surface area is 123 Å². The van der Waals surface area contributed by atoms with Crippen molar-refractivity contribution >= 4 is 23.6 Å². The van der Waals surface area contributed by atoms with Crippen molar-refractivity contribution < 1.29 is 14.7 Å². The number of benzene rings is 1. The number of fused-ring (bicyclic) bond motifs is 1. The SMILES string of the molecule is Cc1ccc(/C=C/C(=O)O)cc1NC(=O)C1C2CCCC21. The molecule has 0 aliphatic heterocycles. The van der Waals surface area contributed by atoms with E-state index in [-0.39, 0.29) is 11.8 Å². The number of carboxylic acid groups (broad SMARTS) is 1. The van der Waals surface area contributed by atoms with Crippen LogP contribution in [0.5, 0.6) is 0 Å². The normalized spacial score (nSPS) is 26.6. The van der Waals surface area contributed by atoms with E-state index in [1.807, 2.05) is 25.1 Å². The predicted molar refractivity (Wildman–Crippen MR) is 80.8 cm³/mol. The van der Waals surface area contributed by atoms with Crippen LogP contribution >= 0.6 is 0 Å². The van der Waals surface area contributed by atoms with Crippen LogP contribution in [-0.2, 0) is 9.59 Å². The lowest BCUT2D eigenvalue weighted by molar-refractivity contribution is -0.131. The maximum atomic E-state index is 12.3. The third-order valence-electron chi connectivity index (χ3n) is 4.65. The topological polar surface area (TPSA) is 66.4 Å². The quantitative estimate of drug-likeness (QED) is 0.835. The summed E-state index contributed by atoms with van der Waals surface area (Å²) < 4.78 is 0. The summed E-state index contributed by atoms with van der Waals surface area (Å²) in [6, 6.07) is 5.56. The van der Waals surface area contributed by atoms with Gasteiger partial charge in [0.15, 0.2) is 0 Å². The van der Waals surface area contributed by atoms with Crippen LogP contribution in [-0.4, -0.2) is 17.0 Å². The third kappa shape index (κ3) is 2.84. The monoisotopic (exact) mass is 285 g/mol. The zero-order valence-electron chi connectivity index (χ0n) is 12.0. The molecule has 0 spiro atoms. The van der Waals surface area contributed by atoms with E-state index < -0.39 is 5.97 Å². The van der Waals surface area contributed by atoms with Gasteiger partial charge in [0.1, 0.15) is 0 Å².